The van der Waals surface area contributed by atoms with Gasteiger partial charge >= 0.3 is 0 Å². The van der Waals surface area contributed by atoms with Crippen molar-refractivity contribution in [1.29, 1.82) is 0 Å². The van der Waals surface area contributed by atoms with E-state index in [1.807, 2.05) is 25.1 Å². The minimum Gasteiger partial charge on any atom is -0.396 e. The second-order valence-corrected chi connectivity index (χ2v) is 5.76. The van der Waals surface area contributed by atoms with E-state index in [2.05, 4.69) is 34.7 Å². The molecule has 0 amide bonds. The highest BCUT2D eigenvalue weighted by atomic mass is 32.1. The Morgan fingerprint density at radius 1 is 1.26 bits per heavy atom. The first-order valence-corrected chi connectivity index (χ1v) is 7.42. The molecular formula is C15H20N2OS. The van der Waals surface area contributed by atoms with Crippen molar-refractivity contribution in [3.05, 3.63) is 40.7 Å². The topological polar surface area (TPSA) is 45.1 Å². The highest BCUT2D eigenvalue weighted by Gasteiger charge is 2.11. The summed E-state index contributed by atoms with van der Waals surface area (Å²) in [6.45, 7) is 5.09. The van der Waals surface area contributed by atoms with Crippen LogP contribution in [0.25, 0.3) is 11.3 Å². The summed E-state index contributed by atoms with van der Waals surface area (Å²) in [5.74, 6) is 0.258. The van der Waals surface area contributed by atoms with E-state index in [4.69, 9.17) is 5.11 Å². The van der Waals surface area contributed by atoms with Crippen molar-refractivity contribution in [3.63, 3.8) is 0 Å². The quantitative estimate of drug-likeness (QED) is 0.852. The minimum atomic E-state index is 0.210. The molecule has 2 N–H and O–H groups in total. The lowest BCUT2D eigenvalue weighted by Gasteiger charge is -2.18. The molecule has 2 aromatic rings. The summed E-state index contributed by atoms with van der Waals surface area (Å²) in [5, 5.41) is 15.7. The smallest absolute Gasteiger partial charge is 0.107 e. The highest BCUT2D eigenvalue weighted by molar-refractivity contribution is 7.09. The maximum atomic E-state index is 9.10. The van der Waals surface area contributed by atoms with Gasteiger partial charge in [0.25, 0.3) is 0 Å². The van der Waals surface area contributed by atoms with Crippen LogP contribution in [0.3, 0.4) is 0 Å². The van der Waals surface area contributed by atoms with Gasteiger partial charge in [-0.1, -0.05) is 37.3 Å². The molecule has 1 aromatic carbocycles. The van der Waals surface area contributed by atoms with E-state index < -0.39 is 0 Å². The molecule has 0 spiro atoms. The molecule has 0 saturated heterocycles. The molecule has 1 aromatic heterocycles. The SMILES string of the molecule is CC(CO)C(C)NCc1nc(-c2ccccc2)cs1. The van der Waals surface area contributed by atoms with Crippen LogP contribution in [0, 0.1) is 5.92 Å². The van der Waals surface area contributed by atoms with Gasteiger partial charge in [0.2, 0.25) is 0 Å². The molecule has 0 bridgehead atoms. The third kappa shape index (κ3) is 3.86. The van der Waals surface area contributed by atoms with E-state index in [1.54, 1.807) is 11.3 Å². The molecule has 1 heterocycles. The summed E-state index contributed by atoms with van der Waals surface area (Å²) in [7, 11) is 0. The van der Waals surface area contributed by atoms with Crippen LogP contribution in [0.4, 0.5) is 0 Å². The van der Waals surface area contributed by atoms with E-state index in [1.165, 1.54) is 0 Å². The molecule has 0 aliphatic rings. The van der Waals surface area contributed by atoms with Crippen LogP contribution in [-0.4, -0.2) is 22.7 Å². The number of nitrogens with one attached hydrogen (secondary N) is 1. The van der Waals surface area contributed by atoms with Crippen LogP contribution in [0.2, 0.25) is 0 Å². The monoisotopic (exact) mass is 276 g/mol. The Hall–Kier alpha value is -1.23. The Kier molecular flexibility index (Phi) is 5.07. The van der Waals surface area contributed by atoms with E-state index >= 15 is 0 Å². The van der Waals surface area contributed by atoms with Crippen LogP contribution in [-0.2, 0) is 6.54 Å². The van der Waals surface area contributed by atoms with Crippen molar-refractivity contribution in [1.82, 2.24) is 10.3 Å². The highest BCUT2D eigenvalue weighted by Crippen LogP contribution is 2.21. The largest absolute Gasteiger partial charge is 0.396 e. The van der Waals surface area contributed by atoms with Crippen molar-refractivity contribution in [3.8, 4) is 11.3 Å². The van der Waals surface area contributed by atoms with Gasteiger partial charge in [-0.2, -0.15) is 0 Å². The Morgan fingerprint density at radius 2 is 2.00 bits per heavy atom. The summed E-state index contributed by atoms with van der Waals surface area (Å²) in [6, 6.07) is 10.5. The number of aliphatic hydroxyl groups is 1. The zero-order valence-electron chi connectivity index (χ0n) is 11.3. The van der Waals surface area contributed by atoms with Crippen LogP contribution >= 0.6 is 11.3 Å². The van der Waals surface area contributed by atoms with Gasteiger partial charge in [-0.25, -0.2) is 4.98 Å². The number of thiazole rings is 1. The molecule has 0 saturated carbocycles. The zero-order chi connectivity index (χ0) is 13.7. The maximum absolute atomic E-state index is 9.10. The Labute approximate surface area is 118 Å². The van der Waals surface area contributed by atoms with Crippen molar-refractivity contribution in [2.24, 2.45) is 5.92 Å². The molecular weight excluding hydrogens is 256 g/mol. The molecule has 2 unspecified atom stereocenters. The molecule has 19 heavy (non-hydrogen) atoms. The predicted octanol–water partition coefficient (Wildman–Crippen LogP) is 2.92. The lowest BCUT2D eigenvalue weighted by Crippen LogP contribution is -2.33. The molecule has 0 aliphatic heterocycles. The van der Waals surface area contributed by atoms with Gasteiger partial charge in [0.15, 0.2) is 0 Å². The van der Waals surface area contributed by atoms with Crippen molar-refractivity contribution in [2.75, 3.05) is 6.61 Å². The van der Waals surface area contributed by atoms with Gasteiger partial charge in [0, 0.05) is 30.1 Å². The van der Waals surface area contributed by atoms with E-state index in [0.29, 0.717) is 0 Å². The number of rotatable bonds is 6. The number of nitrogens with zero attached hydrogens (tertiary/aromatic N) is 1. The first-order chi connectivity index (χ1) is 9.20. The first-order valence-electron chi connectivity index (χ1n) is 6.54. The number of hydrogen-bond acceptors (Lipinski definition) is 4. The van der Waals surface area contributed by atoms with Gasteiger partial charge in [0.05, 0.1) is 5.69 Å². The van der Waals surface area contributed by atoms with Crippen LogP contribution < -0.4 is 5.32 Å². The fraction of sp³-hybridized carbons (Fsp3) is 0.400. The van der Waals surface area contributed by atoms with Gasteiger partial charge < -0.3 is 10.4 Å². The van der Waals surface area contributed by atoms with Crippen LogP contribution in [0.15, 0.2) is 35.7 Å². The summed E-state index contributed by atoms with van der Waals surface area (Å²) in [4.78, 5) is 4.63. The molecule has 2 rings (SSSR count). The maximum Gasteiger partial charge on any atom is 0.107 e. The molecule has 4 heteroatoms. The summed E-state index contributed by atoms with van der Waals surface area (Å²) >= 11 is 1.67. The molecule has 2 atom stereocenters. The van der Waals surface area contributed by atoms with Gasteiger partial charge in [-0.3, -0.25) is 0 Å². The number of hydrogen-bond donors (Lipinski definition) is 2. The first kappa shape index (κ1) is 14.2. The lowest BCUT2D eigenvalue weighted by atomic mass is 10.1. The molecule has 0 aliphatic carbocycles. The third-order valence-electron chi connectivity index (χ3n) is 3.34. The summed E-state index contributed by atoms with van der Waals surface area (Å²) in [5.41, 5.74) is 2.19. The Balaban J connectivity index is 1.95. The fourth-order valence-corrected chi connectivity index (χ4v) is 2.50. The van der Waals surface area contributed by atoms with Crippen molar-refractivity contribution in [2.45, 2.75) is 26.4 Å². The molecule has 3 nitrogen and oxygen atoms in total. The number of aliphatic hydroxyl groups excluding tert-OH is 1. The predicted molar refractivity (Wildman–Crippen MR) is 80.1 cm³/mol. The van der Waals surface area contributed by atoms with E-state index in [0.717, 1.165) is 22.8 Å². The normalized spacial score (nSPS) is 14.3. The van der Waals surface area contributed by atoms with Crippen molar-refractivity contribution >= 4 is 11.3 Å². The average Bonchev–Trinajstić information content (AvgIpc) is 2.93. The molecule has 102 valence electrons. The fourth-order valence-electron chi connectivity index (χ4n) is 1.74. The second-order valence-electron chi connectivity index (χ2n) is 4.82. The van der Waals surface area contributed by atoms with Crippen molar-refractivity contribution < 1.29 is 5.11 Å². The molecule has 0 radical (unpaired) electrons. The summed E-state index contributed by atoms with van der Waals surface area (Å²) in [6.07, 6.45) is 0. The van der Waals surface area contributed by atoms with Gasteiger partial charge in [-0.05, 0) is 12.8 Å². The third-order valence-corrected chi connectivity index (χ3v) is 4.19. The molecule has 0 fully saturated rings. The standard InChI is InChI=1S/C15H20N2OS/c1-11(9-18)12(2)16-8-15-17-14(10-19-15)13-6-4-3-5-7-13/h3-7,10-12,16,18H,8-9H2,1-2H3. The lowest BCUT2D eigenvalue weighted by molar-refractivity contribution is 0.207. The summed E-state index contributed by atoms with van der Waals surface area (Å²) < 4.78 is 0. The van der Waals surface area contributed by atoms with Gasteiger partial charge in [-0.15, -0.1) is 11.3 Å². The van der Waals surface area contributed by atoms with E-state index in [-0.39, 0.29) is 18.6 Å². The van der Waals surface area contributed by atoms with Crippen LogP contribution in [0.1, 0.15) is 18.9 Å². The number of benzene rings is 1. The number of aromatic nitrogens is 1. The average molecular weight is 276 g/mol. The second kappa shape index (κ2) is 6.80. The Morgan fingerprint density at radius 3 is 2.68 bits per heavy atom. The van der Waals surface area contributed by atoms with Gasteiger partial charge in [0.1, 0.15) is 5.01 Å². The minimum absolute atomic E-state index is 0.210. The zero-order valence-corrected chi connectivity index (χ0v) is 12.2. The van der Waals surface area contributed by atoms with Crippen LogP contribution in [0.5, 0.6) is 0 Å². The Bertz CT molecular complexity index is 498. The van der Waals surface area contributed by atoms with E-state index in [9.17, 15) is 0 Å².